The number of hydrogen-bond acceptors (Lipinski definition) is 3. The molecule has 1 aromatic heterocycles. The maximum Gasteiger partial charge on any atom is 0.251 e. The molecule has 0 saturated heterocycles. The molecule has 6 heteroatoms. The van der Waals surface area contributed by atoms with Crippen molar-refractivity contribution in [2.75, 3.05) is 5.32 Å². The Morgan fingerprint density at radius 1 is 1.25 bits per heavy atom. The van der Waals surface area contributed by atoms with E-state index in [1.54, 1.807) is 36.7 Å². The molecule has 0 aliphatic rings. The number of H-pyrrole nitrogens is 1. The summed E-state index contributed by atoms with van der Waals surface area (Å²) in [6.07, 6.45) is 3.41. The van der Waals surface area contributed by atoms with Gasteiger partial charge < -0.3 is 10.6 Å². The monoisotopic (exact) mass is 272 g/mol. The molecule has 0 radical (unpaired) electrons. The average molecular weight is 272 g/mol. The molecular formula is C14H16N4O2. The van der Waals surface area contributed by atoms with Gasteiger partial charge in [0, 0.05) is 29.9 Å². The Balaban J connectivity index is 2.00. The van der Waals surface area contributed by atoms with Crippen LogP contribution in [0.5, 0.6) is 0 Å². The molecular weight excluding hydrogens is 256 g/mol. The van der Waals surface area contributed by atoms with Crippen LogP contribution >= 0.6 is 0 Å². The zero-order valence-electron chi connectivity index (χ0n) is 11.3. The molecule has 1 heterocycles. The highest BCUT2D eigenvalue weighted by molar-refractivity contribution is 5.95. The Bertz CT molecular complexity index is 590. The smallest absolute Gasteiger partial charge is 0.251 e. The van der Waals surface area contributed by atoms with Gasteiger partial charge in [-0.15, -0.1) is 0 Å². The number of anilines is 1. The number of nitrogens with zero attached hydrogens (tertiary/aromatic N) is 1. The molecule has 0 bridgehead atoms. The quantitative estimate of drug-likeness (QED) is 0.794. The highest BCUT2D eigenvalue weighted by Gasteiger charge is 2.12. The zero-order valence-corrected chi connectivity index (χ0v) is 11.3. The number of amides is 2. The van der Waals surface area contributed by atoms with Crippen LogP contribution in [0.3, 0.4) is 0 Å². The first-order valence-corrected chi connectivity index (χ1v) is 6.23. The minimum absolute atomic E-state index is 0.128. The molecule has 1 aromatic carbocycles. The van der Waals surface area contributed by atoms with Gasteiger partial charge in [-0.1, -0.05) is 0 Å². The lowest BCUT2D eigenvalue weighted by atomic mass is 10.1. The summed E-state index contributed by atoms with van der Waals surface area (Å²) in [5.41, 5.74) is 2.11. The van der Waals surface area contributed by atoms with Gasteiger partial charge in [0.1, 0.15) is 0 Å². The minimum Gasteiger partial charge on any atom is -0.345 e. The number of rotatable bonds is 4. The van der Waals surface area contributed by atoms with Crippen molar-refractivity contribution < 1.29 is 9.59 Å². The molecule has 2 aromatic rings. The Kier molecular flexibility index (Phi) is 4.14. The Morgan fingerprint density at radius 2 is 1.95 bits per heavy atom. The van der Waals surface area contributed by atoms with E-state index in [-0.39, 0.29) is 17.9 Å². The molecule has 6 nitrogen and oxygen atoms in total. The van der Waals surface area contributed by atoms with E-state index < -0.39 is 0 Å². The van der Waals surface area contributed by atoms with Crippen LogP contribution in [-0.4, -0.2) is 22.0 Å². The number of benzene rings is 1. The second kappa shape index (κ2) is 6.01. The van der Waals surface area contributed by atoms with Gasteiger partial charge in [0.05, 0.1) is 12.2 Å². The fraction of sp³-hybridized carbons (Fsp3) is 0.214. The van der Waals surface area contributed by atoms with E-state index in [4.69, 9.17) is 0 Å². The van der Waals surface area contributed by atoms with Gasteiger partial charge in [-0.25, -0.2) is 0 Å². The SMILES string of the molecule is CC(=O)Nc1ccc(C(=O)NC(C)c2cn[nH]c2)cc1. The van der Waals surface area contributed by atoms with E-state index in [0.29, 0.717) is 11.3 Å². The first-order chi connectivity index (χ1) is 9.56. The molecule has 0 spiro atoms. The maximum absolute atomic E-state index is 12.1. The largest absolute Gasteiger partial charge is 0.345 e. The van der Waals surface area contributed by atoms with Crippen molar-refractivity contribution in [2.45, 2.75) is 19.9 Å². The Hall–Kier alpha value is -2.63. The van der Waals surface area contributed by atoms with Crippen LogP contribution in [0.4, 0.5) is 5.69 Å². The lowest BCUT2D eigenvalue weighted by Gasteiger charge is -2.12. The van der Waals surface area contributed by atoms with Crippen LogP contribution in [-0.2, 0) is 4.79 Å². The molecule has 0 aliphatic carbocycles. The molecule has 2 amide bonds. The van der Waals surface area contributed by atoms with E-state index in [1.165, 1.54) is 6.92 Å². The predicted octanol–water partition coefficient (Wildman–Crippen LogP) is 1.86. The summed E-state index contributed by atoms with van der Waals surface area (Å²) in [4.78, 5) is 23.0. The normalized spacial score (nSPS) is 11.7. The van der Waals surface area contributed by atoms with Crippen molar-refractivity contribution in [1.29, 1.82) is 0 Å². The van der Waals surface area contributed by atoms with Gasteiger partial charge in [-0.05, 0) is 31.2 Å². The number of hydrogen-bond donors (Lipinski definition) is 3. The summed E-state index contributed by atoms with van der Waals surface area (Å²) in [7, 11) is 0. The highest BCUT2D eigenvalue weighted by Crippen LogP contribution is 2.13. The topological polar surface area (TPSA) is 86.9 Å². The van der Waals surface area contributed by atoms with Gasteiger partial charge in [0.2, 0.25) is 5.91 Å². The fourth-order valence-electron chi connectivity index (χ4n) is 1.77. The van der Waals surface area contributed by atoms with E-state index in [9.17, 15) is 9.59 Å². The average Bonchev–Trinajstić information content (AvgIpc) is 2.92. The van der Waals surface area contributed by atoms with E-state index in [0.717, 1.165) is 5.56 Å². The summed E-state index contributed by atoms with van der Waals surface area (Å²) in [6.45, 7) is 3.32. The first kappa shape index (κ1) is 13.8. The van der Waals surface area contributed by atoms with Gasteiger partial charge in [0.15, 0.2) is 0 Å². The third-order valence-corrected chi connectivity index (χ3v) is 2.83. The van der Waals surface area contributed by atoms with Crippen molar-refractivity contribution >= 4 is 17.5 Å². The van der Waals surface area contributed by atoms with Crippen molar-refractivity contribution in [3.63, 3.8) is 0 Å². The minimum atomic E-state index is -0.173. The second-order valence-corrected chi connectivity index (χ2v) is 4.49. The van der Waals surface area contributed by atoms with Crippen LogP contribution in [0.25, 0.3) is 0 Å². The Labute approximate surface area is 116 Å². The summed E-state index contributed by atoms with van der Waals surface area (Å²) in [5.74, 6) is -0.316. The lowest BCUT2D eigenvalue weighted by molar-refractivity contribution is -0.114. The molecule has 3 N–H and O–H groups in total. The number of nitrogens with one attached hydrogen (secondary N) is 3. The van der Waals surface area contributed by atoms with Crippen molar-refractivity contribution in [1.82, 2.24) is 15.5 Å². The van der Waals surface area contributed by atoms with Crippen LogP contribution in [0.2, 0.25) is 0 Å². The van der Waals surface area contributed by atoms with Crippen LogP contribution < -0.4 is 10.6 Å². The summed E-state index contributed by atoms with van der Waals surface area (Å²) in [5, 5.41) is 12.1. The van der Waals surface area contributed by atoms with Gasteiger partial charge >= 0.3 is 0 Å². The highest BCUT2D eigenvalue weighted by atomic mass is 16.2. The molecule has 0 aliphatic heterocycles. The number of aromatic amines is 1. The molecule has 0 saturated carbocycles. The van der Waals surface area contributed by atoms with Crippen LogP contribution in [0.1, 0.15) is 35.8 Å². The van der Waals surface area contributed by atoms with Crippen LogP contribution in [0.15, 0.2) is 36.7 Å². The molecule has 104 valence electrons. The van der Waals surface area contributed by atoms with Gasteiger partial charge in [-0.3, -0.25) is 14.7 Å². The number of aromatic nitrogens is 2. The zero-order chi connectivity index (χ0) is 14.5. The molecule has 1 atom stereocenters. The van der Waals surface area contributed by atoms with E-state index in [1.807, 2.05) is 6.92 Å². The maximum atomic E-state index is 12.1. The van der Waals surface area contributed by atoms with Crippen molar-refractivity contribution in [3.8, 4) is 0 Å². The van der Waals surface area contributed by atoms with Crippen molar-refractivity contribution in [2.24, 2.45) is 0 Å². The second-order valence-electron chi connectivity index (χ2n) is 4.49. The third kappa shape index (κ3) is 3.44. The van der Waals surface area contributed by atoms with Gasteiger partial charge in [0.25, 0.3) is 5.91 Å². The third-order valence-electron chi connectivity index (χ3n) is 2.83. The van der Waals surface area contributed by atoms with Crippen molar-refractivity contribution in [3.05, 3.63) is 47.8 Å². The molecule has 0 fully saturated rings. The van der Waals surface area contributed by atoms with Gasteiger partial charge in [-0.2, -0.15) is 5.10 Å². The standard InChI is InChI=1S/C14H16N4O2/c1-9(12-7-15-16-8-12)17-14(20)11-3-5-13(6-4-11)18-10(2)19/h3-9H,1-2H3,(H,15,16)(H,17,20)(H,18,19). The summed E-state index contributed by atoms with van der Waals surface area (Å²) >= 11 is 0. The summed E-state index contributed by atoms with van der Waals surface area (Å²) < 4.78 is 0. The van der Waals surface area contributed by atoms with E-state index >= 15 is 0 Å². The number of carbonyl (C=O) groups is 2. The first-order valence-electron chi connectivity index (χ1n) is 6.23. The molecule has 20 heavy (non-hydrogen) atoms. The lowest BCUT2D eigenvalue weighted by Crippen LogP contribution is -2.26. The van der Waals surface area contributed by atoms with E-state index in [2.05, 4.69) is 20.8 Å². The summed E-state index contributed by atoms with van der Waals surface area (Å²) in [6, 6.07) is 6.60. The Morgan fingerprint density at radius 3 is 2.50 bits per heavy atom. The number of carbonyl (C=O) groups excluding carboxylic acids is 2. The molecule has 1 unspecified atom stereocenters. The molecule has 2 rings (SSSR count). The predicted molar refractivity (Wildman–Crippen MR) is 75.2 cm³/mol. The van der Waals surface area contributed by atoms with Crippen LogP contribution in [0, 0.1) is 0 Å². The fourth-order valence-corrected chi connectivity index (χ4v) is 1.77.